The Morgan fingerprint density at radius 1 is 1.10 bits per heavy atom. The summed E-state index contributed by atoms with van der Waals surface area (Å²) in [6, 6.07) is 2.61. The van der Waals surface area contributed by atoms with Gasteiger partial charge in [-0.3, -0.25) is 4.79 Å². The molecule has 1 aliphatic heterocycles. The quantitative estimate of drug-likeness (QED) is 0.545. The first-order valence-electron chi connectivity index (χ1n) is 8.94. The zero-order valence-corrected chi connectivity index (χ0v) is 15.4. The fourth-order valence-electron chi connectivity index (χ4n) is 5.09. The number of hydrogen-bond acceptors (Lipinski definition) is 2. The molecule has 0 aromatic carbocycles. The number of esters is 1. The van der Waals surface area contributed by atoms with Crippen LogP contribution in [-0.4, -0.2) is 19.6 Å². The van der Waals surface area contributed by atoms with E-state index in [2.05, 4.69) is 33.9 Å². The van der Waals surface area contributed by atoms with Gasteiger partial charge in [0.15, 0.2) is 0 Å². The lowest BCUT2D eigenvalue weighted by Crippen LogP contribution is -2.44. The van der Waals surface area contributed by atoms with Crippen LogP contribution in [-0.2, 0) is 9.53 Å². The average Bonchev–Trinajstić information content (AvgIpc) is 2.95. The van der Waals surface area contributed by atoms with Crippen molar-refractivity contribution in [2.45, 2.75) is 77.2 Å². The van der Waals surface area contributed by atoms with Crippen molar-refractivity contribution in [3.05, 3.63) is 0 Å². The Bertz CT molecular complexity index is 419. The van der Waals surface area contributed by atoms with Crippen molar-refractivity contribution >= 4 is 14.0 Å². The molecule has 3 fully saturated rings. The minimum atomic E-state index is -0.987. The normalized spacial score (nSPS) is 43.8. The minimum absolute atomic E-state index is 0.130. The molecule has 2 bridgehead atoms. The highest BCUT2D eigenvalue weighted by Gasteiger charge is 2.52. The van der Waals surface area contributed by atoms with Gasteiger partial charge in [0.05, 0.1) is 5.92 Å². The average molecular weight is 309 g/mol. The molecule has 0 spiro atoms. The van der Waals surface area contributed by atoms with Crippen LogP contribution >= 0.6 is 0 Å². The molecule has 0 aromatic rings. The topological polar surface area (TPSA) is 26.3 Å². The third-order valence-corrected chi connectivity index (χ3v) is 10.4. The molecule has 3 heteroatoms. The molecule has 21 heavy (non-hydrogen) atoms. The van der Waals surface area contributed by atoms with E-state index < -0.39 is 8.07 Å². The molecule has 5 unspecified atom stereocenters. The van der Waals surface area contributed by atoms with Gasteiger partial charge in [-0.15, -0.1) is 0 Å². The van der Waals surface area contributed by atoms with Crippen LogP contribution in [0, 0.1) is 29.6 Å². The van der Waals surface area contributed by atoms with Crippen molar-refractivity contribution in [1.29, 1.82) is 0 Å². The summed E-state index contributed by atoms with van der Waals surface area (Å²) in [5, 5.41) is 0. The van der Waals surface area contributed by atoms with E-state index in [1.54, 1.807) is 0 Å². The molecule has 0 N–H and O–H groups in total. The largest absolute Gasteiger partial charge is 0.459 e. The van der Waals surface area contributed by atoms with Crippen molar-refractivity contribution in [3.63, 3.8) is 0 Å². The van der Waals surface area contributed by atoms with Crippen LogP contribution in [0.3, 0.4) is 0 Å². The summed E-state index contributed by atoms with van der Waals surface area (Å²) in [4.78, 5) is 12.7. The molecule has 2 saturated carbocycles. The van der Waals surface area contributed by atoms with Gasteiger partial charge < -0.3 is 4.74 Å². The van der Waals surface area contributed by atoms with E-state index in [1.807, 2.05) is 0 Å². The Kier molecular flexibility index (Phi) is 3.79. The van der Waals surface area contributed by atoms with E-state index in [1.165, 1.54) is 18.5 Å². The standard InChI is InChI=1S/C18H32O2Si/c1-12-13(2)15-10-14(12)11-16(15)17(19)20-18(3)6-8-21(4,5)9-7-18/h12-16H,6-11H2,1-5H3. The molecular weight excluding hydrogens is 276 g/mol. The van der Waals surface area contributed by atoms with Gasteiger partial charge in [0.2, 0.25) is 0 Å². The summed E-state index contributed by atoms with van der Waals surface area (Å²) in [6.45, 7) is 11.8. The first kappa shape index (κ1) is 15.6. The second-order valence-corrected chi connectivity index (χ2v) is 14.6. The fourth-order valence-corrected chi connectivity index (χ4v) is 7.75. The predicted molar refractivity (Wildman–Crippen MR) is 88.9 cm³/mol. The van der Waals surface area contributed by atoms with E-state index >= 15 is 0 Å². The molecular formula is C18H32O2Si. The minimum Gasteiger partial charge on any atom is -0.459 e. The molecule has 5 atom stereocenters. The van der Waals surface area contributed by atoms with E-state index in [0.29, 0.717) is 11.8 Å². The zero-order valence-electron chi connectivity index (χ0n) is 14.4. The second kappa shape index (κ2) is 5.11. The molecule has 1 heterocycles. The molecule has 0 amide bonds. The Hall–Kier alpha value is -0.313. The maximum absolute atomic E-state index is 12.7. The van der Waals surface area contributed by atoms with Crippen molar-refractivity contribution in [1.82, 2.24) is 0 Å². The number of carbonyl (C=O) groups excluding carboxylic acids is 1. The van der Waals surface area contributed by atoms with Crippen LogP contribution in [0.1, 0.15) is 46.5 Å². The monoisotopic (exact) mass is 308 g/mol. The number of ether oxygens (including phenoxy) is 1. The van der Waals surface area contributed by atoms with Gasteiger partial charge in [0.25, 0.3) is 0 Å². The van der Waals surface area contributed by atoms with E-state index in [4.69, 9.17) is 4.74 Å². The molecule has 1 saturated heterocycles. The summed E-state index contributed by atoms with van der Waals surface area (Å²) >= 11 is 0. The van der Waals surface area contributed by atoms with Gasteiger partial charge in [-0.2, -0.15) is 0 Å². The number of fused-ring (bicyclic) bond motifs is 2. The zero-order chi connectivity index (χ0) is 15.4. The lowest BCUT2D eigenvalue weighted by Gasteiger charge is -2.41. The van der Waals surface area contributed by atoms with E-state index in [-0.39, 0.29) is 17.5 Å². The van der Waals surface area contributed by atoms with Crippen LogP contribution in [0.4, 0.5) is 0 Å². The van der Waals surface area contributed by atoms with Crippen molar-refractivity contribution in [2.75, 3.05) is 0 Å². The van der Waals surface area contributed by atoms with Crippen LogP contribution < -0.4 is 0 Å². The third-order valence-electron chi connectivity index (χ3n) is 7.21. The van der Waals surface area contributed by atoms with E-state index in [0.717, 1.165) is 31.1 Å². The molecule has 0 radical (unpaired) electrons. The second-order valence-electron chi connectivity index (χ2n) is 9.26. The summed E-state index contributed by atoms with van der Waals surface area (Å²) < 4.78 is 6.08. The van der Waals surface area contributed by atoms with Gasteiger partial charge in [-0.05, 0) is 56.3 Å². The van der Waals surface area contributed by atoms with Gasteiger partial charge in [-0.25, -0.2) is 0 Å². The molecule has 0 aromatic heterocycles. The van der Waals surface area contributed by atoms with Crippen LogP contribution in [0.15, 0.2) is 0 Å². The number of hydrogen-bond donors (Lipinski definition) is 0. The third kappa shape index (κ3) is 2.83. The molecule has 2 aliphatic carbocycles. The Balaban J connectivity index is 1.60. The molecule has 2 nitrogen and oxygen atoms in total. The number of carbonyl (C=O) groups is 1. The fraction of sp³-hybridized carbons (Fsp3) is 0.944. The lowest BCUT2D eigenvalue weighted by molar-refractivity contribution is -0.167. The van der Waals surface area contributed by atoms with E-state index in [9.17, 15) is 4.79 Å². The van der Waals surface area contributed by atoms with Gasteiger partial charge >= 0.3 is 5.97 Å². The van der Waals surface area contributed by atoms with Gasteiger partial charge in [0, 0.05) is 8.07 Å². The van der Waals surface area contributed by atoms with Crippen molar-refractivity contribution < 1.29 is 9.53 Å². The summed E-state index contributed by atoms with van der Waals surface area (Å²) in [7, 11) is -0.987. The summed E-state index contributed by atoms with van der Waals surface area (Å²) in [5.74, 6) is 3.20. The predicted octanol–water partition coefficient (Wildman–Crippen LogP) is 4.72. The highest BCUT2D eigenvalue weighted by atomic mass is 28.3. The highest BCUT2D eigenvalue weighted by Crippen LogP contribution is 2.55. The van der Waals surface area contributed by atoms with Gasteiger partial charge in [-0.1, -0.05) is 39.0 Å². The van der Waals surface area contributed by atoms with Crippen molar-refractivity contribution in [3.8, 4) is 0 Å². The van der Waals surface area contributed by atoms with Crippen molar-refractivity contribution in [2.24, 2.45) is 29.6 Å². The molecule has 3 rings (SSSR count). The molecule has 3 aliphatic rings. The maximum Gasteiger partial charge on any atom is 0.309 e. The SMILES string of the molecule is CC1C2CC(C(=O)OC3(C)CC[Si](C)(C)CC3)C(C2)C1C. The van der Waals surface area contributed by atoms with Crippen LogP contribution in [0.5, 0.6) is 0 Å². The first-order chi connectivity index (χ1) is 9.71. The maximum atomic E-state index is 12.7. The summed E-state index contributed by atoms with van der Waals surface area (Å²) in [5.41, 5.74) is -0.170. The smallest absolute Gasteiger partial charge is 0.309 e. The summed E-state index contributed by atoms with van der Waals surface area (Å²) in [6.07, 6.45) is 4.53. The lowest BCUT2D eigenvalue weighted by atomic mass is 9.75. The first-order valence-corrected chi connectivity index (χ1v) is 12.4. The number of rotatable bonds is 2. The molecule has 120 valence electrons. The Morgan fingerprint density at radius 3 is 2.24 bits per heavy atom. The Morgan fingerprint density at radius 2 is 1.71 bits per heavy atom. The van der Waals surface area contributed by atoms with Gasteiger partial charge in [0.1, 0.15) is 5.60 Å². The Labute approximate surface area is 131 Å². The van der Waals surface area contributed by atoms with Crippen LogP contribution in [0.2, 0.25) is 25.2 Å². The van der Waals surface area contributed by atoms with Crippen LogP contribution in [0.25, 0.3) is 0 Å². The highest BCUT2D eigenvalue weighted by molar-refractivity contribution is 6.77.